The number of hydrogen-bond donors (Lipinski definition) is 0. The van der Waals surface area contributed by atoms with Gasteiger partial charge < -0.3 is 9.08 Å². The standard InChI is InChI=1S/C17H25NO4S/c1-4-23(20,21)22-16-7-5-6-14(10-16)12-18(11-13(2)3)17(19)15-8-9-15/h5-7,10,13,15H,4,8-9,11-12H2,1-3H3. The minimum atomic E-state index is -3.54. The fourth-order valence-corrected chi connectivity index (χ4v) is 2.90. The van der Waals surface area contributed by atoms with Crippen molar-refractivity contribution >= 4 is 16.0 Å². The molecule has 23 heavy (non-hydrogen) atoms. The molecule has 128 valence electrons. The molecule has 0 aromatic heterocycles. The fraction of sp³-hybridized carbons (Fsp3) is 0.588. The average molecular weight is 339 g/mol. The van der Waals surface area contributed by atoms with Crippen molar-refractivity contribution in [2.75, 3.05) is 12.3 Å². The molecule has 0 aliphatic heterocycles. The van der Waals surface area contributed by atoms with Gasteiger partial charge in [-0.05, 0) is 43.4 Å². The SMILES string of the molecule is CCS(=O)(=O)Oc1cccc(CN(CC(C)C)C(=O)C2CC2)c1. The first-order chi connectivity index (χ1) is 10.8. The summed E-state index contributed by atoms with van der Waals surface area (Å²) in [6.45, 7) is 6.89. The van der Waals surface area contributed by atoms with Crippen LogP contribution in [0.2, 0.25) is 0 Å². The molecule has 1 saturated carbocycles. The Labute approximate surface area is 138 Å². The monoisotopic (exact) mass is 339 g/mol. The summed E-state index contributed by atoms with van der Waals surface area (Å²) in [7, 11) is -3.54. The van der Waals surface area contributed by atoms with Gasteiger partial charge in [-0.25, -0.2) is 0 Å². The van der Waals surface area contributed by atoms with E-state index in [4.69, 9.17) is 4.18 Å². The van der Waals surface area contributed by atoms with E-state index in [1.807, 2.05) is 11.0 Å². The van der Waals surface area contributed by atoms with E-state index < -0.39 is 10.1 Å². The number of carbonyl (C=O) groups excluding carboxylic acids is 1. The van der Waals surface area contributed by atoms with E-state index in [1.165, 1.54) is 6.92 Å². The Balaban J connectivity index is 2.11. The van der Waals surface area contributed by atoms with Crippen LogP contribution in [0, 0.1) is 11.8 Å². The first-order valence-corrected chi connectivity index (χ1v) is 9.68. The minimum Gasteiger partial charge on any atom is -0.382 e. The molecule has 0 unspecified atom stereocenters. The zero-order chi connectivity index (χ0) is 17.0. The van der Waals surface area contributed by atoms with Crippen LogP contribution in [0.25, 0.3) is 0 Å². The normalized spacial score (nSPS) is 14.8. The van der Waals surface area contributed by atoms with Gasteiger partial charge in [0.05, 0.1) is 5.75 Å². The second-order valence-corrected chi connectivity index (χ2v) is 8.32. The zero-order valence-corrected chi connectivity index (χ0v) is 14.8. The molecule has 0 bridgehead atoms. The molecule has 1 aliphatic carbocycles. The van der Waals surface area contributed by atoms with Crippen LogP contribution in [-0.2, 0) is 21.5 Å². The van der Waals surface area contributed by atoms with Gasteiger partial charge in [-0.1, -0.05) is 26.0 Å². The van der Waals surface area contributed by atoms with Crippen molar-refractivity contribution in [3.8, 4) is 5.75 Å². The molecule has 0 atom stereocenters. The molecule has 5 nitrogen and oxygen atoms in total. The summed E-state index contributed by atoms with van der Waals surface area (Å²) in [5.41, 5.74) is 0.878. The number of rotatable bonds is 8. The van der Waals surface area contributed by atoms with Gasteiger partial charge in [0, 0.05) is 19.0 Å². The topological polar surface area (TPSA) is 63.7 Å². The third kappa shape index (κ3) is 5.53. The van der Waals surface area contributed by atoms with Crippen molar-refractivity contribution in [3.63, 3.8) is 0 Å². The highest BCUT2D eigenvalue weighted by Crippen LogP contribution is 2.32. The lowest BCUT2D eigenvalue weighted by Gasteiger charge is -2.25. The maximum Gasteiger partial charge on any atom is 0.308 e. The summed E-state index contributed by atoms with van der Waals surface area (Å²) < 4.78 is 28.2. The van der Waals surface area contributed by atoms with Crippen molar-refractivity contribution in [1.29, 1.82) is 0 Å². The van der Waals surface area contributed by atoms with E-state index in [1.54, 1.807) is 18.2 Å². The summed E-state index contributed by atoms with van der Waals surface area (Å²) in [4.78, 5) is 14.3. The smallest absolute Gasteiger partial charge is 0.308 e. The van der Waals surface area contributed by atoms with Gasteiger partial charge in [0.2, 0.25) is 5.91 Å². The first-order valence-electron chi connectivity index (χ1n) is 8.10. The van der Waals surface area contributed by atoms with Crippen LogP contribution in [0.4, 0.5) is 0 Å². The van der Waals surface area contributed by atoms with Crippen molar-refractivity contribution in [1.82, 2.24) is 4.90 Å². The Bertz CT molecular complexity index is 650. The van der Waals surface area contributed by atoms with Gasteiger partial charge in [0.1, 0.15) is 5.75 Å². The summed E-state index contributed by atoms with van der Waals surface area (Å²) in [5.74, 6) is 0.988. The van der Waals surface area contributed by atoms with Crippen LogP contribution in [0.15, 0.2) is 24.3 Å². The fourth-order valence-electron chi connectivity index (χ4n) is 2.38. The van der Waals surface area contributed by atoms with Crippen LogP contribution in [-0.4, -0.2) is 31.5 Å². The van der Waals surface area contributed by atoms with E-state index in [2.05, 4.69) is 13.8 Å². The Hall–Kier alpha value is -1.56. The minimum absolute atomic E-state index is 0.0726. The van der Waals surface area contributed by atoms with Crippen molar-refractivity contribution < 1.29 is 17.4 Å². The Morgan fingerprint density at radius 3 is 2.61 bits per heavy atom. The molecule has 1 aromatic rings. The highest BCUT2D eigenvalue weighted by atomic mass is 32.2. The third-order valence-corrected chi connectivity index (χ3v) is 4.83. The number of hydrogen-bond acceptors (Lipinski definition) is 4. The second-order valence-electron chi connectivity index (χ2n) is 6.46. The molecule has 0 spiro atoms. The molecule has 6 heteroatoms. The van der Waals surface area contributed by atoms with E-state index in [0.29, 0.717) is 24.8 Å². The number of benzene rings is 1. The molecule has 1 amide bonds. The summed E-state index contributed by atoms with van der Waals surface area (Å²) >= 11 is 0. The van der Waals surface area contributed by atoms with Gasteiger partial charge in [0.25, 0.3) is 0 Å². The lowest BCUT2D eigenvalue weighted by atomic mass is 10.1. The average Bonchev–Trinajstić information content (AvgIpc) is 3.30. The van der Waals surface area contributed by atoms with Crippen LogP contribution < -0.4 is 4.18 Å². The van der Waals surface area contributed by atoms with E-state index in [0.717, 1.165) is 18.4 Å². The first kappa shape index (κ1) is 17.8. The Kier molecular flexibility index (Phi) is 5.68. The largest absolute Gasteiger partial charge is 0.382 e. The molecule has 0 N–H and O–H groups in total. The van der Waals surface area contributed by atoms with Crippen LogP contribution in [0.3, 0.4) is 0 Å². The van der Waals surface area contributed by atoms with Gasteiger partial charge in [-0.3, -0.25) is 4.79 Å². The number of nitrogens with zero attached hydrogens (tertiary/aromatic N) is 1. The molecule has 2 rings (SSSR count). The maximum atomic E-state index is 12.4. The number of carbonyl (C=O) groups is 1. The molecule has 1 aromatic carbocycles. The predicted octanol–water partition coefficient (Wildman–Crippen LogP) is 2.81. The summed E-state index contributed by atoms with van der Waals surface area (Å²) in [5, 5.41) is 0. The van der Waals surface area contributed by atoms with E-state index >= 15 is 0 Å². The highest BCUT2D eigenvalue weighted by Gasteiger charge is 2.33. The van der Waals surface area contributed by atoms with E-state index in [9.17, 15) is 13.2 Å². The second kappa shape index (κ2) is 7.34. The lowest BCUT2D eigenvalue weighted by Crippen LogP contribution is -2.34. The molecular weight excluding hydrogens is 314 g/mol. The number of amides is 1. The van der Waals surface area contributed by atoms with Crippen molar-refractivity contribution in [2.45, 2.75) is 40.2 Å². The van der Waals surface area contributed by atoms with Gasteiger partial charge in [0.15, 0.2) is 0 Å². The molecule has 0 radical (unpaired) electrons. The van der Waals surface area contributed by atoms with Crippen molar-refractivity contribution in [2.24, 2.45) is 11.8 Å². The van der Waals surface area contributed by atoms with Gasteiger partial charge in [-0.15, -0.1) is 0 Å². The van der Waals surface area contributed by atoms with Crippen LogP contribution >= 0.6 is 0 Å². The highest BCUT2D eigenvalue weighted by molar-refractivity contribution is 7.87. The summed E-state index contributed by atoms with van der Waals surface area (Å²) in [6, 6.07) is 6.96. The lowest BCUT2D eigenvalue weighted by molar-refractivity contribution is -0.133. The maximum absolute atomic E-state index is 12.4. The quantitative estimate of drug-likeness (QED) is 0.683. The van der Waals surface area contributed by atoms with Crippen LogP contribution in [0.5, 0.6) is 5.75 Å². The van der Waals surface area contributed by atoms with E-state index in [-0.39, 0.29) is 17.6 Å². The Morgan fingerprint density at radius 2 is 2.04 bits per heavy atom. The van der Waals surface area contributed by atoms with Gasteiger partial charge in [-0.2, -0.15) is 8.42 Å². The molecule has 1 fully saturated rings. The van der Waals surface area contributed by atoms with Crippen molar-refractivity contribution in [3.05, 3.63) is 29.8 Å². The van der Waals surface area contributed by atoms with Gasteiger partial charge >= 0.3 is 10.1 Å². The molecule has 0 heterocycles. The molecule has 0 saturated heterocycles. The molecule has 1 aliphatic rings. The zero-order valence-electron chi connectivity index (χ0n) is 14.0. The summed E-state index contributed by atoms with van der Waals surface area (Å²) in [6.07, 6.45) is 1.96. The third-order valence-electron chi connectivity index (χ3n) is 3.67. The Morgan fingerprint density at radius 1 is 1.35 bits per heavy atom. The predicted molar refractivity (Wildman–Crippen MR) is 89.5 cm³/mol. The molecular formula is C17H25NO4S. The van der Waals surface area contributed by atoms with Crippen LogP contribution in [0.1, 0.15) is 39.2 Å².